The molecule has 8 heteroatoms. The maximum Gasteiger partial charge on any atom is 0.243 e. The molecule has 124 valence electrons. The Kier molecular flexibility index (Phi) is 4.36. The Balaban J connectivity index is 1.75. The number of aromatic amines is 1. The lowest BCUT2D eigenvalue weighted by Crippen LogP contribution is -2.50. The SMILES string of the molecule is CCCC(=O)N1CCN(S(=O)(=O)c2ccc3nc[nH]c3c2)CC1. The van der Waals surface area contributed by atoms with Crippen molar-refractivity contribution in [2.45, 2.75) is 24.7 Å². The van der Waals surface area contributed by atoms with Gasteiger partial charge in [-0.1, -0.05) is 6.92 Å². The number of hydrogen-bond donors (Lipinski definition) is 1. The van der Waals surface area contributed by atoms with E-state index in [4.69, 9.17) is 0 Å². The molecular weight excluding hydrogens is 316 g/mol. The molecule has 1 aliphatic heterocycles. The van der Waals surface area contributed by atoms with Crippen molar-refractivity contribution in [3.05, 3.63) is 24.5 Å². The third kappa shape index (κ3) is 3.09. The molecule has 1 aromatic heterocycles. The van der Waals surface area contributed by atoms with Gasteiger partial charge in [-0.25, -0.2) is 13.4 Å². The van der Waals surface area contributed by atoms with Crippen molar-refractivity contribution in [1.82, 2.24) is 19.2 Å². The summed E-state index contributed by atoms with van der Waals surface area (Å²) < 4.78 is 26.9. The average molecular weight is 336 g/mol. The molecule has 0 spiro atoms. The van der Waals surface area contributed by atoms with Crippen LogP contribution in [-0.2, 0) is 14.8 Å². The summed E-state index contributed by atoms with van der Waals surface area (Å²) in [6, 6.07) is 4.87. The Hall–Kier alpha value is -1.93. The number of H-pyrrole nitrogens is 1. The number of imidazole rings is 1. The van der Waals surface area contributed by atoms with Gasteiger partial charge < -0.3 is 9.88 Å². The fourth-order valence-electron chi connectivity index (χ4n) is 2.77. The molecule has 1 aromatic carbocycles. The van der Waals surface area contributed by atoms with Gasteiger partial charge in [-0.2, -0.15) is 4.31 Å². The van der Waals surface area contributed by atoms with Crippen LogP contribution in [0.25, 0.3) is 11.0 Å². The van der Waals surface area contributed by atoms with Crippen LogP contribution in [-0.4, -0.2) is 59.7 Å². The first-order valence-electron chi connectivity index (χ1n) is 7.73. The number of amides is 1. The van der Waals surface area contributed by atoms with Crippen molar-refractivity contribution in [1.29, 1.82) is 0 Å². The summed E-state index contributed by atoms with van der Waals surface area (Å²) >= 11 is 0. The number of sulfonamides is 1. The second-order valence-corrected chi connectivity index (χ2v) is 7.55. The lowest BCUT2D eigenvalue weighted by molar-refractivity contribution is -0.132. The predicted molar refractivity (Wildman–Crippen MR) is 86.3 cm³/mol. The number of nitrogens with zero attached hydrogens (tertiary/aromatic N) is 3. The highest BCUT2D eigenvalue weighted by Gasteiger charge is 2.30. The van der Waals surface area contributed by atoms with E-state index in [1.54, 1.807) is 29.4 Å². The fraction of sp³-hybridized carbons (Fsp3) is 0.467. The first-order valence-corrected chi connectivity index (χ1v) is 9.17. The largest absolute Gasteiger partial charge is 0.345 e. The van der Waals surface area contributed by atoms with Crippen LogP contribution in [0, 0.1) is 0 Å². The molecule has 0 aliphatic carbocycles. The van der Waals surface area contributed by atoms with Gasteiger partial charge in [0.15, 0.2) is 0 Å². The molecule has 2 heterocycles. The second-order valence-electron chi connectivity index (χ2n) is 5.62. The lowest BCUT2D eigenvalue weighted by Gasteiger charge is -2.34. The first-order chi connectivity index (χ1) is 11.0. The van der Waals surface area contributed by atoms with Gasteiger partial charge in [-0.15, -0.1) is 0 Å². The molecule has 0 unspecified atom stereocenters. The number of benzene rings is 1. The third-order valence-corrected chi connectivity index (χ3v) is 5.98. The molecular formula is C15H20N4O3S. The van der Waals surface area contributed by atoms with Crippen molar-refractivity contribution in [3.63, 3.8) is 0 Å². The zero-order valence-electron chi connectivity index (χ0n) is 13.0. The van der Waals surface area contributed by atoms with Crippen LogP contribution >= 0.6 is 0 Å². The Bertz CT molecular complexity index is 807. The van der Waals surface area contributed by atoms with Gasteiger partial charge in [0.2, 0.25) is 15.9 Å². The van der Waals surface area contributed by atoms with Crippen LogP contribution in [0.4, 0.5) is 0 Å². The lowest BCUT2D eigenvalue weighted by atomic mass is 10.2. The molecule has 2 aromatic rings. The summed E-state index contributed by atoms with van der Waals surface area (Å²) in [5.74, 6) is 0.100. The van der Waals surface area contributed by atoms with Crippen LogP contribution < -0.4 is 0 Å². The number of aromatic nitrogens is 2. The summed E-state index contributed by atoms with van der Waals surface area (Å²) in [6.45, 7) is 3.52. The van der Waals surface area contributed by atoms with E-state index in [9.17, 15) is 13.2 Å². The Labute approximate surface area is 135 Å². The molecule has 1 aliphatic rings. The summed E-state index contributed by atoms with van der Waals surface area (Å²) in [7, 11) is -3.55. The van der Waals surface area contributed by atoms with Gasteiger partial charge in [0.05, 0.1) is 22.3 Å². The molecule has 1 fully saturated rings. The molecule has 7 nitrogen and oxygen atoms in total. The second kappa shape index (κ2) is 6.29. The van der Waals surface area contributed by atoms with Gasteiger partial charge >= 0.3 is 0 Å². The van der Waals surface area contributed by atoms with E-state index in [1.165, 1.54) is 4.31 Å². The molecule has 0 saturated carbocycles. The van der Waals surface area contributed by atoms with Gasteiger partial charge in [0.1, 0.15) is 0 Å². The topological polar surface area (TPSA) is 86.4 Å². The minimum Gasteiger partial charge on any atom is -0.345 e. The van der Waals surface area contributed by atoms with Crippen LogP contribution in [0.1, 0.15) is 19.8 Å². The molecule has 1 amide bonds. The molecule has 1 N–H and O–H groups in total. The van der Waals surface area contributed by atoms with Gasteiger partial charge in [-0.05, 0) is 24.6 Å². The molecule has 0 radical (unpaired) electrons. The molecule has 1 saturated heterocycles. The number of fused-ring (bicyclic) bond motifs is 1. The van der Waals surface area contributed by atoms with E-state index in [-0.39, 0.29) is 10.8 Å². The number of nitrogens with one attached hydrogen (secondary N) is 1. The van der Waals surface area contributed by atoms with Crippen LogP contribution in [0.5, 0.6) is 0 Å². The highest BCUT2D eigenvalue weighted by molar-refractivity contribution is 7.89. The maximum absolute atomic E-state index is 12.7. The van der Waals surface area contributed by atoms with Crippen molar-refractivity contribution in [2.24, 2.45) is 0 Å². The quantitative estimate of drug-likeness (QED) is 0.909. The van der Waals surface area contributed by atoms with Crippen molar-refractivity contribution >= 4 is 27.0 Å². The molecule has 0 bridgehead atoms. The number of carbonyl (C=O) groups excluding carboxylic acids is 1. The number of rotatable bonds is 4. The van der Waals surface area contributed by atoms with E-state index in [0.29, 0.717) is 38.1 Å². The van der Waals surface area contributed by atoms with E-state index in [1.807, 2.05) is 6.92 Å². The van der Waals surface area contributed by atoms with E-state index in [0.717, 1.165) is 11.9 Å². The van der Waals surface area contributed by atoms with Gasteiger partial charge in [0.25, 0.3) is 0 Å². The van der Waals surface area contributed by atoms with Crippen molar-refractivity contribution in [2.75, 3.05) is 26.2 Å². The first kappa shape index (κ1) is 15.9. The van der Waals surface area contributed by atoms with Crippen LogP contribution in [0.15, 0.2) is 29.4 Å². The fourth-order valence-corrected chi connectivity index (χ4v) is 4.22. The molecule has 0 atom stereocenters. The minimum atomic E-state index is -3.55. The van der Waals surface area contributed by atoms with Crippen molar-refractivity contribution in [3.8, 4) is 0 Å². The molecule has 3 rings (SSSR count). The van der Waals surface area contributed by atoms with Crippen molar-refractivity contribution < 1.29 is 13.2 Å². The van der Waals surface area contributed by atoms with E-state index < -0.39 is 10.0 Å². The summed E-state index contributed by atoms with van der Waals surface area (Å²) in [6.07, 6.45) is 2.87. The smallest absolute Gasteiger partial charge is 0.243 e. The highest BCUT2D eigenvalue weighted by Crippen LogP contribution is 2.21. The monoisotopic (exact) mass is 336 g/mol. The zero-order chi connectivity index (χ0) is 16.4. The number of piperazine rings is 1. The summed E-state index contributed by atoms with van der Waals surface area (Å²) in [5.41, 5.74) is 1.43. The summed E-state index contributed by atoms with van der Waals surface area (Å²) in [4.78, 5) is 20.9. The Morgan fingerprint density at radius 2 is 2.00 bits per heavy atom. The van der Waals surface area contributed by atoms with Gasteiger partial charge in [0, 0.05) is 32.6 Å². The minimum absolute atomic E-state index is 0.100. The molecule has 23 heavy (non-hydrogen) atoms. The Morgan fingerprint density at radius 3 is 2.70 bits per heavy atom. The van der Waals surface area contributed by atoms with Crippen LogP contribution in [0.3, 0.4) is 0 Å². The van der Waals surface area contributed by atoms with E-state index in [2.05, 4.69) is 9.97 Å². The third-order valence-electron chi connectivity index (χ3n) is 4.08. The van der Waals surface area contributed by atoms with Gasteiger partial charge in [-0.3, -0.25) is 4.79 Å². The highest BCUT2D eigenvalue weighted by atomic mass is 32.2. The van der Waals surface area contributed by atoms with E-state index >= 15 is 0 Å². The normalized spacial score (nSPS) is 16.8. The number of hydrogen-bond acceptors (Lipinski definition) is 4. The number of carbonyl (C=O) groups is 1. The predicted octanol–water partition coefficient (Wildman–Crippen LogP) is 1.20. The Morgan fingerprint density at radius 1 is 1.26 bits per heavy atom. The average Bonchev–Trinajstić information content (AvgIpc) is 3.03. The zero-order valence-corrected chi connectivity index (χ0v) is 13.8. The standard InChI is InChI=1S/C15H20N4O3S/c1-2-3-15(20)18-6-8-19(9-7-18)23(21,22)12-4-5-13-14(10-12)17-11-16-13/h4-5,10-11H,2-3,6-9H2,1H3,(H,16,17). The van der Waals surface area contributed by atoms with Crippen LogP contribution in [0.2, 0.25) is 0 Å². The maximum atomic E-state index is 12.7. The summed E-state index contributed by atoms with van der Waals surface area (Å²) in [5, 5.41) is 0.